The van der Waals surface area contributed by atoms with Crippen molar-refractivity contribution in [2.45, 2.75) is 19.4 Å². The van der Waals surface area contributed by atoms with E-state index in [-0.39, 0.29) is 17.9 Å². The van der Waals surface area contributed by atoms with Crippen molar-refractivity contribution in [3.05, 3.63) is 11.1 Å². The monoisotopic (exact) mass is 240 g/mol. The average molecular weight is 240 g/mol. The van der Waals surface area contributed by atoms with Gasteiger partial charge in [0.25, 0.3) is 5.91 Å². The first-order valence-electron chi connectivity index (χ1n) is 5.09. The van der Waals surface area contributed by atoms with Crippen molar-refractivity contribution in [2.75, 3.05) is 13.1 Å². The quantitative estimate of drug-likeness (QED) is 0.782. The standard InChI is InChI=1S/C9H12N4O2S/c1-2-7-8(14)10-3-4-13(7)9(15)6-5-16-12-11-6/h5,7H,2-4H2,1H3,(H,10,14). The van der Waals surface area contributed by atoms with Gasteiger partial charge in [-0.15, -0.1) is 5.10 Å². The van der Waals surface area contributed by atoms with Gasteiger partial charge in [-0.25, -0.2) is 0 Å². The lowest BCUT2D eigenvalue weighted by Gasteiger charge is -2.33. The zero-order valence-electron chi connectivity index (χ0n) is 8.84. The highest BCUT2D eigenvalue weighted by atomic mass is 32.1. The van der Waals surface area contributed by atoms with Gasteiger partial charge in [-0.3, -0.25) is 9.59 Å². The topological polar surface area (TPSA) is 75.2 Å². The highest BCUT2D eigenvalue weighted by Crippen LogP contribution is 2.12. The summed E-state index contributed by atoms with van der Waals surface area (Å²) >= 11 is 1.13. The lowest BCUT2D eigenvalue weighted by atomic mass is 10.1. The molecule has 0 aromatic carbocycles. The van der Waals surface area contributed by atoms with Crippen molar-refractivity contribution in [3.63, 3.8) is 0 Å². The molecule has 1 fully saturated rings. The van der Waals surface area contributed by atoms with Gasteiger partial charge in [0.2, 0.25) is 5.91 Å². The second-order valence-electron chi connectivity index (χ2n) is 3.50. The number of aromatic nitrogens is 2. The van der Waals surface area contributed by atoms with E-state index in [1.807, 2.05) is 6.92 Å². The average Bonchev–Trinajstić information content (AvgIpc) is 2.81. The van der Waals surface area contributed by atoms with Gasteiger partial charge in [0, 0.05) is 18.5 Å². The van der Waals surface area contributed by atoms with Crippen molar-refractivity contribution >= 4 is 23.3 Å². The van der Waals surface area contributed by atoms with Crippen LogP contribution in [-0.2, 0) is 4.79 Å². The van der Waals surface area contributed by atoms with E-state index in [1.54, 1.807) is 10.3 Å². The molecule has 0 aliphatic carbocycles. The Hall–Kier alpha value is -1.50. The molecule has 1 atom stereocenters. The summed E-state index contributed by atoms with van der Waals surface area (Å²) in [6, 6.07) is -0.386. The van der Waals surface area contributed by atoms with E-state index in [0.717, 1.165) is 11.5 Å². The molecule has 1 aliphatic heterocycles. The van der Waals surface area contributed by atoms with E-state index in [1.165, 1.54) is 0 Å². The number of hydrogen-bond donors (Lipinski definition) is 1. The Morgan fingerprint density at radius 1 is 1.75 bits per heavy atom. The first-order chi connectivity index (χ1) is 7.74. The van der Waals surface area contributed by atoms with E-state index in [9.17, 15) is 9.59 Å². The SMILES string of the molecule is CCC1C(=O)NCCN1C(=O)c1csnn1. The number of piperazine rings is 1. The van der Waals surface area contributed by atoms with Crippen LogP contribution in [0, 0.1) is 0 Å². The molecule has 1 unspecified atom stereocenters. The summed E-state index contributed by atoms with van der Waals surface area (Å²) in [5, 5.41) is 8.08. The number of carbonyl (C=O) groups is 2. The van der Waals surface area contributed by atoms with Gasteiger partial charge < -0.3 is 10.2 Å². The predicted octanol–water partition coefficient (Wildman–Crippen LogP) is -0.111. The Labute approximate surface area is 96.8 Å². The van der Waals surface area contributed by atoms with Crippen LogP contribution in [0.2, 0.25) is 0 Å². The highest BCUT2D eigenvalue weighted by molar-refractivity contribution is 7.03. The summed E-state index contributed by atoms with van der Waals surface area (Å²) in [6.45, 7) is 2.91. The van der Waals surface area contributed by atoms with Crippen molar-refractivity contribution in [1.29, 1.82) is 0 Å². The molecule has 6 nitrogen and oxygen atoms in total. The van der Waals surface area contributed by atoms with Crippen LogP contribution in [0.15, 0.2) is 5.38 Å². The number of amides is 2. The molecule has 1 aromatic rings. The summed E-state index contributed by atoms with van der Waals surface area (Å²) in [5.74, 6) is -0.305. The fourth-order valence-corrected chi connectivity index (χ4v) is 2.20. The maximum Gasteiger partial charge on any atom is 0.276 e. The fraction of sp³-hybridized carbons (Fsp3) is 0.556. The third-order valence-electron chi connectivity index (χ3n) is 2.56. The van der Waals surface area contributed by atoms with E-state index in [4.69, 9.17) is 0 Å². The van der Waals surface area contributed by atoms with Crippen LogP contribution >= 0.6 is 11.5 Å². The van der Waals surface area contributed by atoms with Crippen LogP contribution in [0.3, 0.4) is 0 Å². The third kappa shape index (κ3) is 1.90. The maximum atomic E-state index is 12.0. The Balaban J connectivity index is 2.18. The summed E-state index contributed by atoms with van der Waals surface area (Å²) < 4.78 is 3.65. The molecule has 86 valence electrons. The van der Waals surface area contributed by atoms with Crippen molar-refractivity contribution in [1.82, 2.24) is 19.8 Å². The van der Waals surface area contributed by atoms with Crippen molar-refractivity contribution in [3.8, 4) is 0 Å². The summed E-state index contributed by atoms with van der Waals surface area (Å²) in [5.41, 5.74) is 0.318. The largest absolute Gasteiger partial charge is 0.353 e. The second kappa shape index (κ2) is 4.56. The van der Waals surface area contributed by atoms with E-state index < -0.39 is 0 Å². The van der Waals surface area contributed by atoms with Gasteiger partial charge in [0.1, 0.15) is 6.04 Å². The summed E-state index contributed by atoms with van der Waals surface area (Å²) in [4.78, 5) is 25.2. The highest BCUT2D eigenvalue weighted by Gasteiger charge is 2.32. The molecular formula is C9H12N4O2S. The number of hydrogen-bond acceptors (Lipinski definition) is 5. The smallest absolute Gasteiger partial charge is 0.276 e. The first kappa shape index (κ1) is 11.0. The summed E-state index contributed by atoms with van der Waals surface area (Å²) in [7, 11) is 0. The summed E-state index contributed by atoms with van der Waals surface area (Å²) in [6.07, 6.45) is 0.606. The van der Waals surface area contributed by atoms with Gasteiger partial charge in [-0.2, -0.15) is 0 Å². The molecule has 0 saturated carbocycles. The maximum absolute atomic E-state index is 12.0. The van der Waals surface area contributed by atoms with Crippen molar-refractivity contribution in [2.24, 2.45) is 0 Å². The van der Waals surface area contributed by atoms with Crippen LogP contribution in [0.5, 0.6) is 0 Å². The normalized spacial score (nSPS) is 20.7. The Bertz CT molecular complexity index is 392. The molecule has 2 rings (SSSR count). The van der Waals surface area contributed by atoms with Gasteiger partial charge in [0.05, 0.1) is 0 Å². The molecule has 1 aromatic heterocycles. The lowest BCUT2D eigenvalue weighted by molar-refractivity contribution is -0.127. The molecule has 16 heavy (non-hydrogen) atoms. The number of nitrogens with one attached hydrogen (secondary N) is 1. The zero-order valence-corrected chi connectivity index (χ0v) is 9.66. The molecule has 1 saturated heterocycles. The molecule has 7 heteroatoms. The van der Waals surface area contributed by atoms with Gasteiger partial charge in [-0.1, -0.05) is 11.4 Å². The molecule has 1 aliphatic rings. The van der Waals surface area contributed by atoms with Crippen LogP contribution < -0.4 is 5.32 Å². The third-order valence-corrected chi connectivity index (χ3v) is 3.06. The molecule has 2 amide bonds. The number of nitrogens with zero attached hydrogens (tertiary/aromatic N) is 3. The minimum absolute atomic E-state index is 0.0923. The number of rotatable bonds is 2. The minimum Gasteiger partial charge on any atom is -0.353 e. The van der Waals surface area contributed by atoms with Crippen molar-refractivity contribution < 1.29 is 9.59 Å². The molecule has 0 radical (unpaired) electrons. The lowest BCUT2D eigenvalue weighted by Crippen LogP contribution is -2.56. The molecule has 1 N–H and O–H groups in total. The Morgan fingerprint density at radius 2 is 2.56 bits per heavy atom. The van der Waals surface area contributed by atoms with Gasteiger partial charge in [-0.05, 0) is 18.0 Å². The van der Waals surface area contributed by atoms with Crippen LogP contribution in [0.4, 0.5) is 0 Å². The van der Waals surface area contributed by atoms with E-state index >= 15 is 0 Å². The van der Waals surface area contributed by atoms with Crippen LogP contribution in [-0.4, -0.2) is 45.4 Å². The molecule has 0 bridgehead atoms. The van der Waals surface area contributed by atoms with Gasteiger partial charge >= 0.3 is 0 Å². The first-order valence-corrected chi connectivity index (χ1v) is 5.93. The molecular weight excluding hydrogens is 228 g/mol. The zero-order chi connectivity index (χ0) is 11.5. The van der Waals surface area contributed by atoms with E-state index in [2.05, 4.69) is 14.9 Å². The second-order valence-corrected chi connectivity index (χ2v) is 4.11. The fourth-order valence-electron chi connectivity index (χ4n) is 1.77. The van der Waals surface area contributed by atoms with E-state index in [0.29, 0.717) is 25.2 Å². The molecule has 2 heterocycles. The van der Waals surface area contributed by atoms with Crippen LogP contribution in [0.25, 0.3) is 0 Å². The minimum atomic E-state index is -0.386. The molecule has 0 spiro atoms. The number of carbonyl (C=O) groups excluding carboxylic acids is 2. The van der Waals surface area contributed by atoms with Crippen LogP contribution in [0.1, 0.15) is 23.8 Å². The Morgan fingerprint density at radius 3 is 3.19 bits per heavy atom. The van der Waals surface area contributed by atoms with Gasteiger partial charge in [0.15, 0.2) is 5.69 Å². The predicted molar refractivity (Wildman–Crippen MR) is 58.0 cm³/mol. The Kier molecular flexibility index (Phi) is 3.14.